The predicted molar refractivity (Wildman–Crippen MR) is 90.7 cm³/mol. The molecule has 3 aromatic rings. The molecule has 118 valence electrons. The molecule has 0 aliphatic carbocycles. The third kappa shape index (κ3) is 3.41. The summed E-state index contributed by atoms with van der Waals surface area (Å²) in [5.41, 5.74) is 4.33. The van der Waals surface area contributed by atoms with Gasteiger partial charge in [0.2, 0.25) is 0 Å². The number of para-hydroxylation sites is 2. The highest BCUT2D eigenvalue weighted by Gasteiger charge is 2.17. The maximum absolute atomic E-state index is 12.3. The van der Waals surface area contributed by atoms with E-state index in [0.717, 1.165) is 11.0 Å². The van der Waals surface area contributed by atoms with Gasteiger partial charge in [0.15, 0.2) is 6.10 Å². The van der Waals surface area contributed by atoms with E-state index in [1.54, 1.807) is 36.1 Å². The maximum Gasteiger partial charge on any atom is 0.279 e. The minimum atomic E-state index is -0.741. The average Bonchev–Trinajstić information content (AvgIpc) is 2.93. The van der Waals surface area contributed by atoms with Crippen LogP contribution in [0.25, 0.3) is 11.0 Å². The van der Waals surface area contributed by atoms with E-state index in [1.165, 1.54) is 0 Å². The number of rotatable bonds is 4. The fourth-order valence-electron chi connectivity index (χ4n) is 2.07. The Bertz CT molecular complexity index is 863. The molecule has 1 atom stereocenters. The Balaban J connectivity index is 1.72. The number of hydrogen-bond donors (Lipinski definition) is 1. The smallest absolute Gasteiger partial charge is 0.279 e. The first-order valence-corrected chi connectivity index (χ1v) is 7.65. The lowest BCUT2D eigenvalue weighted by molar-refractivity contribution is -0.122. The number of carbonyl (C=O) groups excluding carboxylic acids is 1. The molecule has 23 heavy (non-hydrogen) atoms. The topological polar surface area (TPSA) is 56.1 Å². The maximum atomic E-state index is 12.3. The summed E-state index contributed by atoms with van der Waals surface area (Å²) in [5, 5.41) is 0.856. The lowest BCUT2D eigenvalue weighted by Gasteiger charge is -2.16. The highest BCUT2D eigenvalue weighted by atomic mass is 35.5. The van der Waals surface area contributed by atoms with Crippen LogP contribution in [0.1, 0.15) is 6.92 Å². The minimum Gasteiger partial charge on any atom is -0.479 e. The van der Waals surface area contributed by atoms with Crippen molar-refractivity contribution in [3.8, 4) is 5.75 Å². The number of nitrogens with one attached hydrogen (secondary N) is 1. The first-order chi connectivity index (χ1) is 11.0. The van der Waals surface area contributed by atoms with Gasteiger partial charge in [0.25, 0.3) is 5.91 Å². The first-order valence-electron chi connectivity index (χ1n) is 6.89. The number of fused-ring (bicyclic) bond motifs is 1. The molecular formula is C16H13Cl2N3O2. The van der Waals surface area contributed by atoms with Crippen molar-refractivity contribution >= 4 is 40.1 Å². The lowest BCUT2D eigenvalue weighted by atomic mass is 10.3. The zero-order chi connectivity index (χ0) is 16.4. The fraction of sp³-hybridized carbons (Fsp3) is 0.125. The summed E-state index contributed by atoms with van der Waals surface area (Å²) in [7, 11) is 0. The van der Waals surface area contributed by atoms with E-state index < -0.39 is 6.10 Å². The number of imidazole rings is 1. The second-order valence-electron chi connectivity index (χ2n) is 4.91. The van der Waals surface area contributed by atoms with Crippen LogP contribution in [0, 0.1) is 0 Å². The van der Waals surface area contributed by atoms with E-state index in [0.29, 0.717) is 15.8 Å². The molecule has 7 heteroatoms. The molecule has 0 saturated heterocycles. The largest absolute Gasteiger partial charge is 0.479 e. The molecule has 0 aliphatic rings. The number of amides is 1. The zero-order valence-corrected chi connectivity index (χ0v) is 13.7. The monoisotopic (exact) mass is 349 g/mol. The van der Waals surface area contributed by atoms with Gasteiger partial charge in [-0.25, -0.2) is 9.66 Å². The van der Waals surface area contributed by atoms with Crippen molar-refractivity contribution in [2.45, 2.75) is 13.0 Å². The Morgan fingerprint density at radius 2 is 2.04 bits per heavy atom. The zero-order valence-electron chi connectivity index (χ0n) is 12.2. The van der Waals surface area contributed by atoms with E-state index in [-0.39, 0.29) is 5.91 Å². The van der Waals surface area contributed by atoms with Gasteiger partial charge in [-0.05, 0) is 37.3 Å². The van der Waals surface area contributed by atoms with Gasteiger partial charge < -0.3 is 4.74 Å². The van der Waals surface area contributed by atoms with E-state index in [4.69, 9.17) is 27.9 Å². The van der Waals surface area contributed by atoms with Gasteiger partial charge in [-0.2, -0.15) is 0 Å². The van der Waals surface area contributed by atoms with Gasteiger partial charge in [0.1, 0.15) is 12.1 Å². The molecule has 0 unspecified atom stereocenters. The Hall–Kier alpha value is -2.24. The van der Waals surface area contributed by atoms with Crippen LogP contribution in [0.15, 0.2) is 48.8 Å². The van der Waals surface area contributed by atoms with Gasteiger partial charge in [0.05, 0.1) is 16.1 Å². The van der Waals surface area contributed by atoms with E-state index in [2.05, 4.69) is 10.4 Å². The molecule has 1 N–H and O–H groups in total. The van der Waals surface area contributed by atoms with Crippen molar-refractivity contribution < 1.29 is 9.53 Å². The Labute approximate surface area is 142 Å². The van der Waals surface area contributed by atoms with Crippen molar-refractivity contribution in [3.63, 3.8) is 0 Å². The number of nitrogens with zero attached hydrogens (tertiary/aromatic N) is 2. The molecule has 1 amide bonds. The summed E-state index contributed by atoms with van der Waals surface area (Å²) in [5.74, 6) is 0.0772. The van der Waals surface area contributed by atoms with Crippen LogP contribution in [-0.2, 0) is 4.79 Å². The van der Waals surface area contributed by atoms with Crippen molar-refractivity contribution in [2.24, 2.45) is 0 Å². The molecule has 0 radical (unpaired) electrons. The summed E-state index contributed by atoms with van der Waals surface area (Å²) in [6.07, 6.45) is 0.805. The molecule has 2 aromatic carbocycles. The number of aromatic nitrogens is 2. The highest BCUT2D eigenvalue weighted by Crippen LogP contribution is 2.28. The van der Waals surface area contributed by atoms with Gasteiger partial charge in [-0.1, -0.05) is 35.3 Å². The third-order valence-corrected chi connectivity index (χ3v) is 3.78. The Morgan fingerprint density at radius 1 is 1.26 bits per heavy atom. The fourth-order valence-corrected chi connectivity index (χ4v) is 2.53. The van der Waals surface area contributed by atoms with Crippen molar-refractivity contribution in [2.75, 3.05) is 5.43 Å². The van der Waals surface area contributed by atoms with Crippen LogP contribution in [0.2, 0.25) is 10.0 Å². The SMILES string of the molecule is C[C@H](Oc1ccc(Cl)cc1Cl)C(=O)Nn1cnc2ccccc21. The molecule has 3 rings (SSSR count). The summed E-state index contributed by atoms with van der Waals surface area (Å²) >= 11 is 11.9. The van der Waals surface area contributed by atoms with Crippen LogP contribution in [0.4, 0.5) is 0 Å². The van der Waals surface area contributed by atoms with E-state index in [9.17, 15) is 4.79 Å². The first kappa shape index (κ1) is 15.6. The molecule has 0 spiro atoms. The standard InChI is InChI=1S/C16H13Cl2N3O2/c1-10(23-15-7-6-11(17)8-12(15)18)16(22)20-21-9-19-13-4-2-3-5-14(13)21/h2-10H,1H3,(H,20,22)/t10-/m0/s1. The summed E-state index contributed by atoms with van der Waals surface area (Å²) < 4.78 is 7.14. The predicted octanol–water partition coefficient (Wildman–Crippen LogP) is 3.88. The molecule has 0 fully saturated rings. The second kappa shape index (κ2) is 6.48. The Kier molecular flexibility index (Phi) is 4.41. The summed E-state index contributed by atoms with van der Waals surface area (Å²) in [4.78, 5) is 16.5. The molecule has 0 saturated carbocycles. The molecule has 5 nitrogen and oxygen atoms in total. The van der Waals surface area contributed by atoms with Gasteiger partial charge in [-0.3, -0.25) is 10.2 Å². The number of ether oxygens (including phenoxy) is 1. The van der Waals surface area contributed by atoms with Crippen LogP contribution < -0.4 is 10.2 Å². The van der Waals surface area contributed by atoms with Crippen molar-refractivity contribution in [3.05, 3.63) is 58.8 Å². The summed E-state index contributed by atoms with van der Waals surface area (Å²) in [6.45, 7) is 1.64. The molecule has 1 aromatic heterocycles. The van der Waals surface area contributed by atoms with E-state index in [1.807, 2.05) is 24.3 Å². The van der Waals surface area contributed by atoms with Crippen molar-refractivity contribution in [1.82, 2.24) is 9.66 Å². The number of hydrogen-bond acceptors (Lipinski definition) is 3. The quantitative estimate of drug-likeness (QED) is 0.777. The molecule has 1 heterocycles. The van der Waals surface area contributed by atoms with Gasteiger partial charge in [0, 0.05) is 5.02 Å². The normalized spacial score (nSPS) is 12.1. The third-order valence-electron chi connectivity index (χ3n) is 3.25. The average molecular weight is 350 g/mol. The van der Waals surface area contributed by atoms with Crippen LogP contribution in [0.3, 0.4) is 0 Å². The van der Waals surface area contributed by atoms with Gasteiger partial charge >= 0.3 is 0 Å². The van der Waals surface area contributed by atoms with E-state index >= 15 is 0 Å². The molecular weight excluding hydrogens is 337 g/mol. The number of benzene rings is 2. The van der Waals surface area contributed by atoms with Crippen LogP contribution in [0.5, 0.6) is 5.75 Å². The van der Waals surface area contributed by atoms with Gasteiger partial charge in [-0.15, -0.1) is 0 Å². The lowest BCUT2D eigenvalue weighted by Crippen LogP contribution is -2.34. The molecule has 0 bridgehead atoms. The van der Waals surface area contributed by atoms with Crippen LogP contribution in [-0.4, -0.2) is 21.7 Å². The second-order valence-corrected chi connectivity index (χ2v) is 5.76. The molecule has 0 aliphatic heterocycles. The highest BCUT2D eigenvalue weighted by molar-refractivity contribution is 6.35. The number of carbonyl (C=O) groups is 1. The van der Waals surface area contributed by atoms with Crippen LogP contribution >= 0.6 is 23.2 Å². The number of halogens is 2. The van der Waals surface area contributed by atoms with Crippen molar-refractivity contribution in [1.29, 1.82) is 0 Å². The Morgan fingerprint density at radius 3 is 2.83 bits per heavy atom. The summed E-state index contributed by atoms with van der Waals surface area (Å²) in [6, 6.07) is 12.3. The minimum absolute atomic E-state index is 0.320.